The minimum absolute atomic E-state index is 0.784. The van der Waals surface area contributed by atoms with Crippen LogP contribution in [0.15, 0.2) is 22.7 Å². The van der Waals surface area contributed by atoms with Gasteiger partial charge in [0.15, 0.2) is 0 Å². The monoisotopic (exact) mass is 322 g/mol. The molecule has 0 bridgehead atoms. The lowest BCUT2D eigenvalue weighted by Crippen LogP contribution is -2.29. The number of rotatable bonds is 5. The lowest BCUT2D eigenvalue weighted by molar-refractivity contribution is 0.220. The number of halogens is 1. The van der Waals surface area contributed by atoms with Gasteiger partial charge < -0.3 is 5.32 Å². The molecule has 0 radical (unpaired) electrons. The van der Waals surface area contributed by atoms with E-state index >= 15 is 0 Å². The Morgan fingerprint density at radius 1 is 1.16 bits per heavy atom. The highest BCUT2D eigenvalue weighted by Gasteiger charge is 2.20. The van der Waals surface area contributed by atoms with Crippen LogP contribution in [-0.2, 0) is 13.1 Å². The van der Waals surface area contributed by atoms with Crippen molar-refractivity contribution in [2.75, 3.05) is 13.1 Å². The number of hydrogen-bond acceptors (Lipinski definition) is 2. The second-order valence-electron chi connectivity index (χ2n) is 5.92. The van der Waals surface area contributed by atoms with Crippen molar-refractivity contribution in [1.82, 2.24) is 10.2 Å². The summed E-state index contributed by atoms with van der Waals surface area (Å²) < 4.78 is 1.27. The zero-order valence-electron chi connectivity index (χ0n) is 11.5. The molecule has 1 N–H and O–H groups in total. The van der Waals surface area contributed by atoms with E-state index in [2.05, 4.69) is 44.3 Å². The van der Waals surface area contributed by atoms with Crippen LogP contribution >= 0.6 is 15.9 Å². The molecule has 1 aromatic carbocycles. The average molecular weight is 323 g/mol. The first-order valence-corrected chi connectivity index (χ1v) is 8.33. The molecule has 1 saturated carbocycles. The summed E-state index contributed by atoms with van der Waals surface area (Å²) in [6.07, 6.45) is 6.84. The number of nitrogens with one attached hydrogen (secondary N) is 1. The van der Waals surface area contributed by atoms with Crippen LogP contribution in [0, 0.1) is 0 Å². The summed E-state index contributed by atoms with van der Waals surface area (Å²) in [5, 5.41) is 3.57. The Morgan fingerprint density at radius 3 is 2.63 bits per heavy atom. The van der Waals surface area contributed by atoms with E-state index in [9.17, 15) is 0 Å². The average Bonchev–Trinajstić information content (AvgIpc) is 3.25. The minimum atomic E-state index is 0.784. The number of likely N-dealkylation sites (tertiary alicyclic amines) is 1. The second-order valence-corrected chi connectivity index (χ2v) is 6.77. The predicted octanol–water partition coefficient (Wildman–Crippen LogP) is 3.69. The van der Waals surface area contributed by atoms with Crippen LogP contribution in [0.25, 0.3) is 0 Å². The second kappa shape index (κ2) is 6.38. The van der Waals surface area contributed by atoms with Crippen LogP contribution in [0.4, 0.5) is 0 Å². The highest BCUT2D eigenvalue weighted by Crippen LogP contribution is 2.23. The van der Waals surface area contributed by atoms with Crippen molar-refractivity contribution in [2.24, 2.45) is 0 Å². The van der Waals surface area contributed by atoms with Gasteiger partial charge in [0.05, 0.1) is 0 Å². The molecular formula is C16H23BrN2. The van der Waals surface area contributed by atoms with Gasteiger partial charge in [-0.3, -0.25) is 4.90 Å². The first kappa shape index (κ1) is 13.6. The van der Waals surface area contributed by atoms with Crippen molar-refractivity contribution < 1.29 is 0 Å². The molecule has 0 aromatic heterocycles. The Morgan fingerprint density at radius 2 is 1.95 bits per heavy atom. The van der Waals surface area contributed by atoms with Gasteiger partial charge in [0.1, 0.15) is 0 Å². The summed E-state index contributed by atoms with van der Waals surface area (Å²) in [5.74, 6) is 0. The van der Waals surface area contributed by atoms with Crippen LogP contribution < -0.4 is 5.32 Å². The summed E-state index contributed by atoms with van der Waals surface area (Å²) in [6, 6.07) is 7.64. The molecule has 1 heterocycles. The van der Waals surface area contributed by atoms with Crippen molar-refractivity contribution in [2.45, 2.75) is 51.2 Å². The molecule has 1 saturated heterocycles. The number of benzene rings is 1. The Bertz CT molecular complexity index is 423. The van der Waals surface area contributed by atoms with Crippen molar-refractivity contribution in [1.29, 1.82) is 0 Å². The minimum Gasteiger partial charge on any atom is -0.310 e. The number of hydrogen-bond donors (Lipinski definition) is 1. The third kappa shape index (κ3) is 4.04. The fourth-order valence-corrected chi connectivity index (χ4v) is 3.29. The first-order chi connectivity index (χ1) is 9.31. The van der Waals surface area contributed by atoms with Gasteiger partial charge in [0, 0.05) is 23.6 Å². The number of piperidine rings is 1. The van der Waals surface area contributed by atoms with Gasteiger partial charge in [-0.1, -0.05) is 34.5 Å². The smallest absolute Gasteiger partial charge is 0.0244 e. The molecule has 2 fully saturated rings. The standard InChI is InChI=1S/C16H23BrN2/c17-16-10-13(11-18-15-6-7-15)4-5-14(16)12-19-8-2-1-3-9-19/h4-5,10,15,18H,1-3,6-9,11-12H2. The molecule has 1 aliphatic carbocycles. The van der Waals surface area contributed by atoms with E-state index in [1.165, 1.54) is 60.8 Å². The lowest BCUT2D eigenvalue weighted by Gasteiger charge is -2.26. The zero-order valence-corrected chi connectivity index (χ0v) is 13.1. The Balaban J connectivity index is 1.58. The lowest BCUT2D eigenvalue weighted by atomic mass is 10.1. The normalized spacial score (nSPS) is 20.7. The fraction of sp³-hybridized carbons (Fsp3) is 0.625. The molecule has 0 unspecified atom stereocenters. The van der Waals surface area contributed by atoms with E-state index in [1.807, 2.05) is 0 Å². The van der Waals surface area contributed by atoms with Gasteiger partial charge in [0.2, 0.25) is 0 Å². The van der Waals surface area contributed by atoms with Crippen LogP contribution in [0.5, 0.6) is 0 Å². The summed E-state index contributed by atoms with van der Waals surface area (Å²) >= 11 is 3.74. The Hall–Kier alpha value is -0.380. The van der Waals surface area contributed by atoms with Crippen molar-refractivity contribution >= 4 is 15.9 Å². The van der Waals surface area contributed by atoms with Crippen LogP contribution in [0.1, 0.15) is 43.2 Å². The van der Waals surface area contributed by atoms with Crippen molar-refractivity contribution in [3.63, 3.8) is 0 Å². The van der Waals surface area contributed by atoms with Gasteiger partial charge >= 0.3 is 0 Å². The molecule has 19 heavy (non-hydrogen) atoms. The maximum absolute atomic E-state index is 3.74. The number of nitrogens with zero attached hydrogens (tertiary/aromatic N) is 1. The molecular weight excluding hydrogens is 300 g/mol. The van der Waals surface area contributed by atoms with Gasteiger partial charge in [-0.15, -0.1) is 0 Å². The van der Waals surface area contributed by atoms with Gasteiger partial charge in [-0.2, -0.15) is 0 Å². The third-order valence-electron chi connectivity index (χ3n) is 4.13. The van der Waals surface area contributed by atoms with Crippen LogP contribution in [0.3, 0.4) is 0 Å². The fourth-order valence-electron chi connectivity index (χ4n) is 2.74. The largest absolute Gasteiger partial charge is 0.310 e. The third-order valence-corrected chi connectivity index (χ3v) is 4.87. The van der Waals surface area contributed by atoms with Gasteiger partial charge in [0.25, 0.3) is 0 Å². The molecule has 3 heteroatoms. The molecule has 104 valence electrons. The van der Waals surface area contributed by atoms with Gasteiger partial charge in [-0.05, 0) is 56.0 Å². The maximum atomic E-state index is 3.74. The van der Waals surface area contributed by atoms with E-state index in [0.29, 0.717) is 0 Å². The quantitative estimate of drug-likeness (QED) is 0.889. The zero-order chi connectivity index (χ0) is 13.1. The van der Waals surface area contributed by atoms with Crippen LogP contribution in [-0.4, -0.2) is 24.0 Å². The highest BCUT2D eigenvalue weighted by atomic mass is 79.9. The first-order valence-electron chi connectivity index (χ1n) is 7.54. The van der Waals surface area contributed by atoms with E-state index in [-0.39, 0.29) is 0 Å². The van der Waals surface area contributed by atoms with Crippen LogP contribution in [0.2, 0.25) is 0 Å². The van der Waals surface area contributed by atoms with E-state index < -0.39 is 0 Å². The Labute approximate surface area is 124 Å². The molecule has 2 aliphatic rings. The van der Waals surface area contributed by atoms with E-state index in [0.717, 1.165) is 19.1 Å². The van der Waals surface area contributed by atoms with E-state index in [1.54, 1.807) is 0 Å². The molecule has 0 amide bonds. The van der Waals surface area contributed by atoms with Crippen molar-refractivity contribution in [3.8, 4) is 0 Å². The topological polar surface area (TPSA) is 15.3 Å². The van der Waals surface area contributed by atoms with E-state index in [4.69, 9.17) is 0 Å². The molecule has 1 aliphatic heterocycles. The summed E-state index contributed by atoms with van der Waals surface area (Å²) in [4.78, 5) is 2.58. The van der Waals surface area contributed by atoms with Crippen molar-refractivity contribution in [3.05, 3.63) is 33.8 Å². The molecule has 0 spiro atoms. The predicted molar refractivity (Wildman–Crippen MR) is 83.1 cm³/mol. The maximum Gasteiger partial charge on any atom is 0.0244 e. The Kier molecular flexibility index (Phi) is 4.57. The SMILES string of the molecule is Brc1cc(CNC2CC2)ccc1CN1CCCCC1. The highest BCUT2D eigenvalue weighted by molar-refractivity contribution is 9.10. The summed E-state index contributed by atoms with van der Waals surface area (Å²) in [7, 11) is 0. The molecule has 0 atom stereocenters. The summed E-state index contributed by atoms with van der Waals surface area (Å²) in [6.45, 7) is 4.62. The van der Waals surface area contributed by atoms with Gasteiger partial charge in [-0.25, -0.2) is 0 Å². The molecule has 2 nitrogen and oxygen atoms in total. The molecule has 1 aromatic rings. The molecule has 3 rings (SSSR count). The summed E-state index contributed by atoms with van der Waals surface area (Å²) in [5.41, 5.74) is 2.82.